The quantitative estimate of drug-likeness (QED) is 0.106. The van der Waals surface area contributed by atoms with Crippen LogP contribution in [-0.2, 0) is 19.1 Å². The Morgan fingerprint density at radius 1 is 0.959 bits per heavy atom. The molecule has 3 heterocycles. The molecule has 2 saturated heterocycles. The summed E-state index contributed by atoms with van der Waals surface area (Å²) in [5, 5.41) is 9.09. The standard InChI is InChI=1S/C35H43N9O5/c1-23(45)39-32(41-36)29-20-26(8-11-28(29)34(48)49-35(2,3)4)40-33(47)25-12-15-42(21-25)22-30(46)44-18-16-43(17-19-44)27-9-6-24(7-10-27)31-37-13-5-14-38-31/h5-11,13-14,20,25H,12,15-19,21-22,36H2,1-4H3,(H,40,47)(H,39,41,45)/t25-/m1/s1. The minimum absolute atomic E-state index is 0.0353. The Bertz CT molecular complexity index is 1700. The number of hydrogen-bond acceptors (Lipinski definition) is 11. The highest BCUT2D eigenvalue weighted by molar-refractivity contribution is 6.13. The molecule has 49 heavy (non-hydrogen) atoms. The topological polar surface area (TPSA) is 175 Å². The van der Waals surface area contributed by atoms with Crippen molar-refractivity contribution in [3.8, 4) is 11.4 Å². The Balaban J connectivity index is 1.14. The Kier molecular flexibility index (Phi) is 10.9. The Hall–Kier alpha value is -5.37. The van der Waals surface area contributed by atoms with Crippen LogP contribution in [0, 0.1) is 5.92 Å². The number of anilines is 2. The molecule has 0 bridgehead atoms. The Morgan fingerprint density at radius 2 is 1.65 bits per heavy atom. The zero-order valence-electron chi connectivity index (χ0n) is 28.3. The number of piperazine rings is 1. The summed E-state index contributed by atoms with van der Waals surface area (Å²) < 4.78 is 5.52. The summed E-state index contributed by atoms with van der Waals surface area (Å²) in [6.45, 7) is 10.5. The number of benzene rings is 2. The molecule has 2 aliphatic heterocycles. The minimum Gasteiger partial charge on any atom is -0.456 e. The summed E-state index contributed by atoms with van der Waals surface area (Å²) in [7, 11) is 0. The van der Waals surface area contributed by atoms with Crippen LogP contribution in [0.3, 0.4) is 0 Å². The van der Waals surface area contributed by atoms with Crippen LogP contribution in [0.1, 0.15) is 50.0 Å². The summed E-state index contributed by atoms with van der Waals surface area (Å²) in [6.07, 6.45) is 4.04. The molecule has 0 aliphatic carbocycles. The zero-order chi connectivity index (χ0) is 35.1. The van der Waals surface area contributed by atoms with Gasteiger partial charge in [0.15, 0.2) is 11.7 Å². The van der Waals surface area contributed by atoms with Crippen LogP contribution in [-0.4, -0.2) is 101 Å². The lowest BCUT2D eigenvalue weighted by Gasteiger charge is -2.36. The number of hydrogen-bond donors (Lipinski definition) is 3. The Labute approximate surface area is 285 Å². The van der Waals surface area contributed by atoms with Gasteiger partial charge in [0.25, 0.3) is 0 Å². The van der Waals surface area contributed by atoms with Crippen LogP contribution >= 0.6 is 0 Å². The maximum absolute atomic E-state index is 13.3. The van der Waals surface area contributed by atoms with Gasteiger partial charge in [-0.05, 0) is 82.3 Å². The van der Waals surface area contributed by atoms with Gasteiger partial charge < -0.3 is 31.0 Å². The number of ether oxygens (including phenoxy) is 1. The number of carbonyl (C=O) groups is 4. The number of nitrogens with zero attached hydrogens (tertiary/aromatic N) is 6. The second-order valence-corrected chi connectivity index (χ2v) is 13.1. The second kappa shape index (κ2) is 15.2. The third-order valence-corrected chi connectivity index (χ3v) is 8.28. The highest BCUT2D eigenvalue weighted by Crippen LogP contribution is 2.24. The van der Waals surface area contributed by atoms with Crippen molar-refractivity contribution >= 4 is 40.9 Å². The second-order valence-electron chi connectivity index (χ2n) is 13.1. The van der Waals surface area contributed by atoms with E-state index in [-0.39, 0.29) is 41.2 Å². The van der Waals surface area contributed by atoms with Gasteiger partial charge in [0.2, 0.25) is 17.7 Å². The molecule has 3 aromatic rings. The van der Waals surface area contributed by atoms with Crippen molar-refractivity contribution in [1.29, 1.82) is 0 Å². The number of likely N-dealkylation sites (tertiary alicyclic amines) is 1. The van der Waals surface area contributed by atoms with Crippen LogP contribution in [0.15, 0.2) is 66.0 Å². The van der Waals surface area contributed by atoms with Gasteiger partial charge in [-0.3, -0.25) is 19.3 Å². The first-order valence-electron chi connectivity index (χ1n) is 16.3. The predicted molar refractivity (Wildman–Crippen MR) is 186 cm³/mol. The fourth-order valence-electron chi connectivity index (χ4n) is 5.87. The summed E-state index contributed by atoms with van der Waals surface area (Å²) in [4.78, 5) is 66.0. The van der Waals surface area contributed by atoms with E-state index in [9.17, 15) is 19.2 Å². The van der Waals surface area contributed by atoms with Gasteiger partial charge in [-0.15, -0.1) is 0 Å². The fraction of sp³-hybridized carbons (Fsp3) is 0.400. The molecule has 2 aliphatic rings. The van der Waals surface area contributed by atoms with Crippen molar-refractivity contribution in [2.24, 2.45) is 16.9 Å². The van der Waals surface area contributed by atoms with Crippen molar-refractivity contribution in [2.45, 2.75) is 39.7 Å². The molecular weight excluding hydrogens is 626 g/mol. The number of aromatic nitrogens is 2. The van der Waals surface area contributed by atoms with Crippen LogP contribution in [0.25, 0.3) is 11.4 Å². The van der Waals surface area contributed by atoms with Gasteiger partial charge in [-0.1, -0.05) is 0 Å². The molecule has 258 valence electrons. The van der Waals surface area contributed by atoms with Gasteiger partial charge in [0, 0.05) is 74.5 Å². The number of hydrazone groups is 1. The summed E-state index contributed by atoms with van der Waals surface area (Å²) >= 11 is 0. The van der Waals surface area contributed by atoms with E-state index in [4.69, 9.17) is 10.6 Å². The normalized spacial score (nSPS) is 17.1. The van der Waals surface area contributed by atoms with Gasteiger partial charge in [0.1, 0.15) is 5.60 Å². The van der Waals surface area contributed by atoms with E-state index in [1.165, 1.54) is 19.1 Å². The molecule has 0 radical (unpaired) electrons. The van der Waals surface area contributed by atoms with Crippen molar-refractivity contribution in [3.05, 3.63) is 72.1 Å². The predicted octanol–water partition coefficient (Wildman–Crippen LogP) is 2.46. The molecule has 14 nitrogen and oxygen atoms in total. The lowest BCUT2D eigenvalue weighted by molar-refractivity contribution is -0.132. The van der Waals surface area contributed by atoms with Crippen molar-refractivity contribution in [2.75, 3.05) is 56.0 Å². The van der Waals surface area contributed by atoms with Crippen LogP contribution in [0.2, 0.25) is 0 Å². The summed E-state index contributed by atoms with van der Waals surface area (Å²) in [5.74, 6) is 4.65. The lowest BCUT2D eigenvalue weighted by Crippen LogP contribution is -2.51. The molecular formula is C35H43N9O5. The number of nitrogens with two attached hydrogens (primary N) is 1. The monoisotopic (exact) mass is 669 g/mol. The summed E-state index contributed by atoms with van der Waals surface area (Å²) in [6, 6.07) is 14.5. The first kappa shape index (κ1) is 35.0. The third-order valence-electron chi connectivity index (χ3n) is 8.28. The van der Waals surface area contributed by atoms with E-state index in [1.807, 2.05) is 21.9 Å². The van der Waals surface area contributed by atoms with Gasteiger partial charge in [-0.2, -0.15) is 5.10 Å². The van der Waals surface area contributed by atoms with Gasteiger partial charge in [0.05, 0.1) is 18.0 Å². The number of amidine groups is 1. The average Bonchev–Trinajstić information content (AvgIpc) is 3.55. The van der Waals surface area contributed by atoms with E-state index < -0.39 is 17.5 Å². The van der Waals surface area contributed by atoms with E-state index >= 15 is 0 Å². The van der Waals surface area contributed by atoms with E-state index in [2.05, 4.69) is 42.7 Å². The lowest BCUT2D eigenvalue weighted by atomic mass is 10.0. The largest absolute Gasteiger partial charge is 0.456 e. The van der Waals surface area contributed by atoms with E-state index in [1.54, 1.807) is 45.3 Å². The fourth-order valence-corrected chi connectivity index (χ4v) is 5.87. The highest BCUT2D eigenvalue weighted by atomic mass is 16.6. The highest BCUT2D eigenvalue weighted by Gasteiger charge is 2.32. The maximum Gasteiger partial charge on any atom is 0.339 e. The molecule has 5 rings (SSSR count). The average molecular weight is 670 g/mol. The molecule has 4 N–H and O–H groups in total. The number of esters is 1. The SMILES string of the molecule is CC(=O)N/C(=N/N)c1cc(NC(=O)[C@@H]2CCN(CC(=O)N3CCN(c4ccc(-c5ncccn5)cc4)CC3)C2)ccc1C(=O)OC(C)(C)C. The minimum atomic E-state index is -0.758. The molecule has 0 saturated carbocycles. The van der Waals surface area contributed by atoms with Gasteiger partial charge >= 0.3 is 5.97 Å². The number of nitrogens with one attached hydrogen (secondary N) is 2. The smallest absolute Gasteiger partial charge is 0.339 e. The third kappa shape index (κ3) is 9.16. The maximum atomic E-state index is 13.3. The van der Waals surface area contributed by atoms with Crippen LogP contribution in [0.4, 0.5) is 11.4 Å². The Morgan fingerprint density at radius 3 is 2.29 bits per heavy atom. The molecule has 2 fully saturated rings. The number of amides is 3. The van der Waals surface area contributed by atoms with Gasteiger partial charge in [-0.25, -0.2) is 14.8 Å². The van der Waals surface area contributed by atoms with Crippen LogP contribution < -0.4 is 21.4 Å². The molecule has 3 amide bonds. The number of carbonyl (C=O) groups excluding carboxylic acids is 4. The van der Waals surface area contributed by atoms with E-state index in [0.29, 0.717) is 44.1 Å². The zero-order valence-corrected chi connectivity index (χ0v) is 28.3. The van der Waals surface area contributed by atoms with Crippen molar-refractivity contribution in [3.63, 3.8) is 0 Å². The van der Waals surface area contributed by atoms with Crippen LogP contribution in [0.5, 0.6) is 0 Å². The molecule has 0 unspecified atom stereocenters. The van der Waals surface area contributed by atoms with E-state index in [0.717, 1.165) is 24.3 Å². The summed E-state index contributed by atoms with van der Waals surface area (Å²) in [5.41, 5.74) is 2.03. The molecule has 0 spiro atoms. The first-order valence-corrected chi connectivity index (χ1v) is 16.3. The molecule has 1 aromatic heterocycles. The number of rotatable bonds is 8. The molecule has 14 heteroatoms. The van der Waals surface area contributed by atoms with Crippen molar-refractivity contribution < 1.29 is 23.9 Å². The molecule has 1 atom stereocenters. The molecule has 2 aromatic carbocycles. The first-order chi connectivity index (χ1) is 23.4. The van der Waals surface area contributed by atoms with Crippen molar-refractivity contribution in [1.82, 2.24) is 25.1 Å².